The second-order valence-electron chi connectivity index (χ2n) is 11.5. The summed E-state index contributed by atoms with van der Waals surface area (Å²) in [6.07, 6.45) is 17.2. The first-order valence-electron chi connectivity index (χ1n) is 15.7. The van der Waals surface area contributed by atoms with Gasteiger partial charge in [-0.25, -0.2) is 4.98 Å². The van der Waals surface area contributed by atoms with Gasteiger partial charge in [-0.05, 0) is 95.3 Å². The minimum atomic E-state index is -0.250. The molecule has 1 saturated heterocycles. The van der Waals surface area contributed by atoms with Crippen molar-refractivity contribution in [3.63, 3.8) is 0 Å². The van der Waals surface area contributed by atoms with Gasteiger partial charge in [-0.1, -0.05) is 50.5 Å². The Morgan fingerprint density at radius 1 is 1.14 bits per heavy atom. The highest BCUT2D eigenvalue weighted by Gasteiger charge is 2.22. The van der Waals surface area contributed by atoms with Gasteiger partial charge in [0.2, 0.25) is 11.8 Å². The number of anilines is 2. The van der Waals surface area contributed by atoms with Crippen molar-refractivity contribution < 1.29 is 14.3 Å². The molecule has 0 radical (unpaired) electrons. The molecule has 3 rings (SSSR count). The maximum atomic E-state index is 13.8. The highest BCUT2D eigenvalue weighted by molar-refractivity contribution is 6.07. The lowest BCUT2D eigenvalue weighted by Gasteiger charge is -2.20. The van der Waals surface area contributed by atoms with Gasteiger partial charge in [-0.3, -0.25) is 19.5 Å². The molecule has 0 saturated carbocycles. The van der Waals surface area contributed by atoms with E-state index in [1.165, 1.54) is 0 Å². The van der Waals surface area contributed by atoms with Gasteiger partial charge in [0.05, 0.1) is 36.9 Å². The first-order valence-corrected chi connectivity index (χ1v) is 15.7. The van der Waals surface area contributed by atoms with E-state index in [2.05, 4.69) is 52.3 Å². The van der Waals surface area contributed by atoms with Gasteiger partial charge in [0, 0.05) is 23.4 Å². The van der Waals surface area contributed by atoms with E-state index in [0.29, 0.717) is 41.1 Å². The lowest BCUT2D eigenvalue weighted by Crippen LogP contribution is -2.35. The summed E-state index contributed by atoms with van der Waals surface area (Å²) in [7, 11) is 1.63. The minimum absolute atomic E-state index is 0.0853. The van der Waals surface area contributed by atoms with E-state index >= 15 is 0 Å². The van der Waals surface area contributed by atoms with Gasteiger partial charge < -0.3 is 15.4 Å². The third-order valence-corrected chi connectivity index (χ3v) is 7.72. The summed E-state index contributed by atoms with van der Waals surface area (Å²) in [4.78, 5) is 37.5. The quantitative estimate of drug-likeness (QED) is 0.171. The van der Waals surface area contributed by atoms with Crippen LogP contribution in [0.5, 0.6) is 5.88 Å². The predicted octanol–water partition coefficient (Wildman–Crippen LogP) is 7.66. The van der Waals surface area contributed by atoms with E-state index in [9.17, 15) is 9.59 Å². The highest BCUT2D eigenvalue weighted by Crippen LogP contribution is 2.30. The number of ether oxygens (including phenoxy) is 1. The van der Waals surface area contributed by atoms with E-state index < -0.39 is 0 Å². The number of nitrogens with zero attached hydrogens (tertiary/aromatic N) is 3. The van der Waals surface area contributed by atoms with E-state index in [1.807, 2.05) is 51.1 Å². The number of amides is 2. The summed E-state index contributed by atoms with van der Waals surface area (Å²) in [5.41, 5.74) is 6.35. The smallest absolute Gasteiger partial charge is 0.255 e. The van der Waals surface area contributed by atoms with Gasteiger partial charge in [-0.2, -0.15) is 0 Å². The molecule has 2 aromatic heterocycles. The molecule has 2 N–H and O–H groups in total. The summed E-state index contributed by atoms with van der Waals surface area (Å²) < 4.78 is 5.56. The Bertz CT molecular complexity index is 1420. The zero-order chi connectivity index (χ0) is 32.1. The van der Waals surface area contributed by atoms with Crippen LogP contribution in [0.15, 0.2) is 71.6 Å². The summed E-state index contributed by atoms with van der Waals surface area (Å²) >= 11 is 0. The van der Waals surface area contributed by atoms with Crippen LogP contribution in [0.3, 0.4) is 0 Å². The first kappa shape index (κ1) is 34.5. The second-order valence-corrected chi connectivity index (χ2v) is 11.5. The number of likely N-dealkylation sites (tertiary alicyclic amines) is 1. The molecular weight excluding hydrogens is 550 g/mol. The SMILES string of the molecule is CCC/C=C/C(=C\C(/C=C(\CCC)c1cccnc1OC)=C(C)C)C(=O)Nc1cc(NC(=O)CN2CCCC2C)cnc1C. The van der Waals surface area contributed by atoms with Gasteiger partial charge in [0.25, 0.3) is 5.91 Å². The summed E-state index contributed by atoms with van der Waals surface area (Å²) in [5, 5.41) is 6.00. The van der Waals surface area contributed by atoms with E-state index in [1.54, 1.807) is 25.6 Å². The van der Waals surface area contributed by atoms with Crippen LogP contribution in [0.25, 0.3) is 5.57 Å². The van der Waals surface area contributed by atoms with Crippen LogP contribution in [0.4, 0.5) is 11.4 Å². The first-order chi connectivity index (χ1) is 21.2. The van der Waals surface area contributed by atoms with Crippen molar-refractivity contribution in [3.05, 3.63) is 82.9 Å². The maximum absolute atomic E-state index is 13.8. The number of rotatable bonds is 14. The van der Waals surface area contributed by atoms with Crippen LogP contribution in [0.1, 0.15) is 84.4 Å². The normalized spacial score (nSPS) is 15.8. The molecule has 8 heteroatoms. The Labute approximate surface area is 263 Å². The number of pyridine rings is 2. The molecule has 0 spiro atoms. The van der Waals surface area contributed by atoms with Crippen LogP contribution >= 0.6 is 0 Å². The summed E-state index contributed by atoms with van der Waals surface area (Å²) in [5.74, 6) is 0.243. The van der Waals surface area contributed by atoms with E-state index in [4.69, 9.17) is 4.74 Å². The zero-order valence-electron chi connectivity index (χ0n) is 27.5. The Morgan fingerprint density at radius 2 is 1.93 bits per heavy atom. The minimum Gasteiger partial charge on any atom is -0.481 e. The van der Waals surface area contributed by atoms with Gasteiger partial charge >= 0.3 is 0 Å². The van der Waals surface area contributed by atoms with Crippen molar-refractivity contribution in [2.24, 2.45) is 0 Å². The molecule has 1 aliphatic rings. The number of hydrogen-bond donors (Lipinski definition) is 2. The van der Waals surface area contributed by atoms with Crippen molar-refractivity contribution in [1.82, 2.24) is 14.9 Å². The van der Waals surface area contributed by atoms with Crippen molar-refractivity contribution >= 4 is 28.8 Å². The standard InChI is InChI=1S/C36H49N5O3/c1-8-10-11-16-29(21-30(25(3)4)20-28(14-9-2)32-17-12-18-37-36(32)44-7)35(43)40-33-22-31(23-38-27(33)6)39-34(42)24-41-19-13-15-26(41)5/h11-12,16-18,20-23,26H,8-10,13-15,19,24H2,1-7H3,(H,39,42)(H,40,43)/b16-11+,28-20+,29-21+. The maximum Gasteiger partial charge on any atom is 0.255 e. The topological polar surface area (TPSA) is 96.4 Å². The number of carbonyl (C=O) groups is 2. The Hall–Kier alpha value is -4.04. The predicted molar refractivity (Wildman–Crippen MR) is 181 cm³/mol. The largest absolute Gasteiger partial charge is 0.481 e. The van der Waals surface area contributed by atoms with E-state index in [-0.39, 0.29) is 11.8 Å². The Morgan fingerprint density at radius 3 is 2.59 bits per heavy atom. The molecule has 1 fully saturated rings. The fraction of sp³-hybridized carbons (Fsp3) is 0.444. The molecule has 0 aliphatic carbocycles. The molecule has 8 nitrogen and oxygen atoms in total. The van der Waals surface area contributed by atoms with Crippen molar-refractivity contribution in [2.45, 2.75) is 86.1 Å². The van der Waals surface area contributed by atoms with E-state index in [0.717, 1.165) is 67.4 Å². The Balaban J connectivity index is 1.91. The molecule has 44 heavy (non-hydrogen) atoms. The van der Waals surface area contributed by atoms with Crippen molar-refractivity contribution in [3.8, 4) is 5.88 Å². The molecule has 1 unspecified atom stereocenters. The van der Waals surface area contributed by atoms with Crippen LogP contribution < -0.4 is 15.4 Å². The van der Waals surface area contributed by atoms with Gasteiger partial charge in [0.15, 0.2) is 0 Å². The Kier molecular flexibility index (Phi) is 13.5. The molecule has 3 heterocycles. The molecule has 2 aromatic rings. The molecule has 1 atom stereocenters. The van der Waals surface area contributed by atoms with Crippen LogP contribution in [-0.2, 0) is 9.59 Å². The van der Waals surface area contributed by atoms with Crippen LogP contribution in [0.2, 0.25) is 0 Å². The average molecular weight is 600 g/mol. The molecule has 0 aromatic carbocycles. The molecule has 2 amide bonds. The second kappa shape index (κ2) is 17.3. The van der Waals surface area contributed by atoms with Crippen molar-refractivity contribution in [2.75, 3.05) is 30.8 Å². The summed E-state index contributed by atoms with van der Waals surface area (Å²) in [6.45, 7) is 13.6. The summed E-state index contributed by atoms with van der Waals surface area (Å²) in [6, 6.07) is 6.10. The third-order valence-electron chi connectivity index (χ3n) is 7.72. The molecule has 236 valence electrons. The average Bonchev–Trinajstić information content (AvgIpc) is 3.40. The fourth-order valence-corrected chi connectivity index (χ4v) is 5.14. The number of methoxy groups -OCH3 is 1. The van der Waals surface area contributed by atoms with Gasteiger partial charge in [0.1, 0.15) is 0 Å². The highest BCUT2D eigenvalue weighted by atomic mass is 16.5. The number of allylic oxidation sites excluding steroid dienone is 6. The van der Waals surface area contributed by atoms with Crippen LogP contribution in [-0.4, -0.2) is 52.9 Å². The molecule has 0 bridgehead atoms. The number of aryl methyl sites for hydroxylation is 1. The zero-order valence-corrected chi connectivity index (χ0v) is 27.5. The van der Waals surface area contributed by atoms with Crippen LogP contribution in [0, 0.1) is 6.92 Å². The third kappa shape index (κ3) is 10.0. The number of aromatic nitrogens is 2. The number of carbonyl (C=O) groups excluding carboxylic acids is 2. The van der Waals surface area contributed by atoms with Crippen molar-refractivity contribution in [1.29, 1.82) is 0 Å². The van der Waals surface area contributed by atoms with Gasteiger partial charge in [-0.15, -0.1) is 0 Å². The number of unbranched alkanes of at least 4 members (excludes halogenated alkanes) is 1. The lowest BCUT2D eigenvalue weighted by atomic mass is 9.96. The number of hydrogen-bond acceptors (Lipinski definition) is 6. The lowest BCUT2D eigenvalue weighted by molar-refractivity contribution is -0.117. The molecule has 1 aliphatic heterocycles. The molecular formula is C36H49N5O3. The monoisotopic (exact) mass is 599 g/mol. The number of nitrogens with one attached hydrogen (secondary N) is 2. The fourth-order valence-electron chi connectivity index (χ4n) is 5.14.